The Morgan fingerprint density at radius 2 is 1.95 bits per heavy atom. The Bertz CT molecular complexity index is 497. The molecular formula is C14H20N2O3. The van der Waals surface area contributed by atoms with Gasteiger partial charge >= 0.3 is 0 Å². The molecule has 1 unspecified atom stereocenters. The molecule has 0 spiro atoms. The lowest BCUT2D eigenvalue weighted by molar-refractivity contribution is -0.384. The maximum Gasteiger partial charge on any atom is 0.292 e. The van der Waals surface area contributed by atoms with Crippen LogP contribution in [0.1, 0.15) is 34.1 Å². The Labute approximate surface area is 113 Å². The summed E-state index contributed by atoms with van der Waals surface area (Å²) in [4.78, 5) is 10.7. The van der Waals surface area contributed by atoms with E-state index in [0.29, 0.717) is 5.69 Å². The third kappa shape index (κ3) is 2.87. The number of nitrogens with one attached hydrogen (secondary N) is 1. The van der Waals surface area contributed by atoms with Gasteiger partial charge in [-0.25, -0.2) is 0 Å². The second kappa shape index (κ2) is 4.49. The summed E-state index contributed by atoms with van der Waals surface area (Å²) in [5.74, 6) is 0. The van der Waals surface area contributed by atoms with Gasteiger partial charge in [-0.15, -0.1) is 0 Å². The van der Waals surface area contributed by atoms with Gasteiger partial charge in [0.05, 0.1) is 22.2 Å². The van der Waals surface area contributed by atoms with Crippen molar-refractivity contribution in [1.29, 1.82) is 0 Å². The van der Waals surface area contributed by atoms with E-state index in [1.54, 1.807) is 18.2 Å². The van der Waals surface area contributed by atoms with Crippen molar-refractivity contribution in [3.8, 4) is 0 Å². The molecule has 1 aromatic carbocycles. The molecule has 0 bridgehead atoms. The molecule has 0 amide bonds. The summed E-state index contributed by atoms with van der Waals surface area (Å²) >= 11 is 0. The zero-order valence-electron chi connectivity index (χ0n) is 11.8. The van der Waals surface area contributed by atoms with Gasteiger partial charge in [0, 0.05) is 6.07 Å². The highest BCUT2D eigenvalue weighted by Crippen LogP contribution is 2.39. The fraction of sp³-hybridized carbons (Fsp3) is 0.571. The van der Waals surface area contributed by atoms with Gasteiger partial charge < -0.3 is 10.1 Å². The van der Waals surface area contributed by atoms with Gasteiger partial charge in [-0.3, -0.25) is 10.1 Å². The topological polar surface area (TPSA) is 64.4 Å². The Balaban J connectivity index is 2.25. The summed E-state index contributed by atoms with van der Waals surface area (Å²) in [6.45, 7) is 8.09. The lowest BCUT2D eigenvalue weighted by Crippen LogP contribution is -2.38. The highest BCUT2D eigenvalue weighted by atomic mass is 16.6. The zero-order valence-corrected chi connectivity index (χ0v) is 11.8. The van der Waals surface area contributed by atoms with Crippen LogP contribution in [0.2, 0.25) is 0 Å². The Kier molecular flexibility index (Phi) is 3.26. The molecule has 1 atom stereocenters. The number of nitro benzene ring substituents is 1. The average molecular weight is 264 g/mol. The van der Waals surface area contributed by atoms with Crippen LogP contribution in [0.5, 0.6) is 0 Å². The number of nitro groups is 1. The Hall–Kier alpha value is -1.62. The zero-order chi connectivity index (χ0) is 14.3. The molecule has 104 valence electrons. The SMILES string of the molecule is CC1(C)CC(Nc2ccccc2[N+](=O)[O-])C(C)(C)O1. The molecule has 1 N–H and O–H groups in total. The number of para-hydroxylation sites is 2. The number of hydrogen-bond donors (Lipinski definition) is 1. The van der Waals surface area contributed by atoms with Crippen LogP contribution in [-0.2, 0) is 4.74 Å². The monoisotopic (exact) mass is 264 g/mol. The normalized spacial score (nSPS) is 24.1. The van der Waals surface area contributed by atoms with Crippen molar-refractivity contribution in [1.82, 2.24) is 0 Å². The molecule has 1 heterocycles. The van der Waals surface area contributed by atoms with Gasteiger partial charge in [0.25, 0.3) is 5.69 Å². The third-order valence-corrected chi connectivity index (χ3v) is 3.50. The van der Waals surface area contributed by atoms with Crippen molar-refractivity contribution in [3.63, 3.8) is 0 Å². The lowest BCUT2D eigenvalue weighted by atomic mass is 9.94. The Morgan fingerprint density at radius 1 is 1.32 bits per heavy atom. The first-order chi connectivity index (χ1) is 8.71. The van der Waals surface area contributed by atoms with Crippen LogP contribution in [0.4, 0.5) is 11.4 Å². The van der Waals surface area contributed by atoms with Crippen molar-refractivity contribution >= 4 is 11.4 Å². The summed E-state index contributed by atoms with van der Waals surface area (Å²) in [7, 11) is 0. The molecule has 5 nitrogen and oxygen atoms in total. The van der Waals surface area contributed by atoms with Gasteiger partial charge in [0.1, 0.15) is 5.69 Å². The van der Waals surface area contributed by atoms with Crippen molar-refractivity contribution in [3.05, 3.63) is 34.4 Å². The van der Waals surface area contributed by atoms with Crippen molar-refractivity contribution in [2.75, 3.05) is 5.32 Å². The maximum absolute atomic E-state index is 11.0. The highest BCUT2D eigenvalue weighted by Gasteiger charge is 2.46. The van der Waals surface area contributed by atoms with Crippen LogP contribution in [0.15, 0.2) is 24.3 Å². The largest absolute Gasteiger partial charge is 0.374 e. The molecule has 1 saturated heterocycles. The van der Waals surface area contributed by atoms with Gasteiger partial charge in [-0.1, -0.05) is 12.1 Å². The van der Waals surface area contributed by atoms with E-state index in [2.05, 4.69) is 5.32 Å². The first-order valence-corrected chi connectivity index (χ1v) is 6.41. The minimum absolute atomic E-state index is 0.0450. The van der Waals surface area contributed by atoms with Crippen LogP contribution in [-0.4, -0.2) is 22.2 Å². The fourth-order valence-corrected chi connectivity index (χ4v) is 2.73. The molecule has 1 aliphatic rings. The second-order valence-corrected chi connectivity index (χ2v) is 6.14. The quantitative estimate of drug-likeness (QED) is 0.671. The van der Waals surface area contributed by atoms with Crippen molar-refractivity contribution in [2.45, 2.75) is 51.4 Å². The minimum Gasteiger partial charge on any atom is -0.374 e. The number of nitrogens with zero attached hydrogens (tertiary/aromatic N) is 1. The standard InChI is InChI=1S/C14H20N2O3/c1-13(2)9-12(14(3,4)19-13)15-10-7-5-6-8-11(10)16(17)18/h5-8,12,15H,9H2,1-4H3. The lowest BCUT2D eigenvalue weighted by Gasteiger charge is -2.28. The van der Waals surface area contributed by atoms with E-state index in [-0.39, 0.29) is 27.9 Å². The molecule has 0 saturated carbocycles. The molecule has 5 heteroatoms. The summed E-state index contributed by atoms with van der Waals surface area (Å²) in [5.41, 5.74) is 0.0765. The number of hydrogen-bond acceptors (Lipinski definition) is 4. The van der Waals surface area contributed by atoms with Crippen LogP contribution in [0.3, 0.4) is 0 Å². The van der Waals surface area contributed by atoms with Crippen LogP contribution < -0.4 is 5.32 Å². The number of anilines is 1. The molecule has 1 aromatic rings. The van der Waals surface area contributed by atoms with E-state index in [9.17, 15) is 10.1 Å². The molecule has 0 aliphatic carbocycles. The average Bonchev–Trinajstić information content (AvgIpc) is 2.47. The van der Waals surface area contributed by atoms with Crippen LogP contribution >= 0.6 is 0 Å². The van der Waals surface area contributed by atoms with Gasteiger partial charge in [-0.05, 0) is 40.2 Å². The van der Waals surface area contributed by atoms with Gasteiger partial charge in [0.15, 0.2) is 0 Å². The van der Waals surface area contributed by atoms with Crippen molar-refractivity contribution < 1.29 is 9.66 Å². The molecule has 1 fully saturated rings. The van der Waals surface area contributed by atoms with E-state index in [1.807, 2.05) is 27.7 Å². The molecular weight excluding hydrogens is 244 g/mol. The molecule has 1 aliphatic heterocycles. The first kappa shape index (κ1) is 13.8. The molecule has 0 aromatic heterocycles. The van der Waals surface area contributed by atoms with E-state index in [0.717, 1.165) is 6.42 Å². The summed E-state index contributed by atoms with van der Waals surface area (Å²) in [6.07, 6.45) is 0.812. The fourth-order valence-electron chi connectivity index (χ4n) is 2.73. The number of ether oxygens (including phenoxy) is 1. The highest BCUT2D eigenvalue weighted by molar-refractivity contribution is 5.62. The minimum atomic E-state index is -0.365. The predicted molar refractivity (Wildman–Crippen MR) is 74.4 cm³/mol. The van der Waals surface area contributed by atoms with E-state index < -0.39 is 0 Å². The van der Waals surface area contributed by atoms with Crippen LogP contribution in [0.25, 0.3) is 0 Å². The molecule has 19 heavy (non-hydrogen) atoms. The maximum atomic E-state index is 11.0. The molecule has 0 radical (unpaired) electrons. The predicted octanol–water partition coefficient (Wildman–Crippen LogP) is 3.35. The summed E-state index contributed by atoms with van der Waals surface area (Å²) < 4.78 is 5.99. The van der Waals surface area contributed by atoms with Gasteiger partial charge in [-0.2, -0.15) is 0 Å². The Morgan fingerprint density at radius 3 is 2.47 bits per heavy atom. The van der Waals surface area contributed by atoms with E-state index in [1.165, 1.54) is 6.07 Å². The van der Waals surface area contributed by atoms with E-state index >= 15 is 0 Å². The smallest absolute Gasteiger partial charge is 0.292 e. The van der Waals surface area contributed by atoms with Crippen molar-refractivity contribution in [2.24, 2.45) is 0 Å². The first-order valence-electron chi connectivity index (χ1n) is 6.41. The van der Waals surface area contributed by atoms with Gasteiger partial charge in [0.2, 0.25) is 0 Å². The number of benzene rings is 1. The van der Waals surface area contributed by atoms with E-state index in [4.69, 9.17) is 4.74 Å². The molecule has 2 rings (SSSR count). The summed E-state index contributed by atoms with van der Waals surface area (Å²) in [5, 5.41) is 14.3. The third-order valence-electron chi connectivity index (χ3n) is 3.50. The summed E-state index contributed by atoms with van der Waals surface area (Å²) in [6, 6.07) is 6.76. The van der Waals surface area contributed by atoms with Crippen LogP contribution in [0, 0.1) is 10.1 Å². The number of rotatable bonds is 3. The second-order valence-electron chi connectivity index (χ2n) is 6.14.